The first-order chi connectivity index (χ1) is 10.3. The normalized spacial score (nSPS) is 10.5. The van der Waals surface area contributed by atoms with Crippen molar-refractivity contribution in [3.63, 3.8) is 0 Å². The summed E-state index contributed by atoms with van der Waals surface area (Å²) in [6, 6.07) is 16.2. The second-order valence-corrected chi connectivity index (χ2v) is 5.35. The Morgan fingerprint density at radius 3 is 2.33 bits per heavy atom. The van der Waals surface area contributed by atoms with Gasteiger partial charge in [0.2, 0.25) is 5.16 Å². The molecule has 1 aromatic heterocycles. The first-order valence-electron chi connectivity index (χ1n) is 6.44. The minimum absolute atomic E-state index is 0.228. The Morgan fingerprint density at radius 1 is 0.905 bits per heavy atom. The van der Waals surface area contributed by atoms with Gasteiger partial charge in [0, 0.05) is 11.3 Å². The Balaban J connectivity index is 1.66. The molecule has 0 saturated carbocycles. The first kappa shape index (κ1) is 13.7. The summed E-state index contributed by atoms with van der Waals surface area (Å²) in [6.45, 7) is 0. The van der Waals surface area contributed by atoms with Crippen LogP contribution in [0.4, 0.5) is 4.39 Å². The van der Waals surface area contributed by atoms with Crippen molar-refractivity contribution in [2.45, 2.75) is 10.9 Å². The predicted octanol–water partition coefficient (Wildman–Crippen LogP) is 3.97. The highest BCUT2D eigenvalue weighted by molar-refractivity contribution is 7.98. The lowest BCUT2D eigenvalue weighted by Crippen LogP contribution is -1.93. The van der Waals surface area contributed by atoms with E-state index in [0.717, 1.165) is 16.8 Å². The number of hydrogen-bond donors (Lipinski definition) is 0. The fraction of sp³-hybridized carbons (Fsp3) is 0.0625. The third-order valence-corrected chi connectivity index (χ3v) is 3.81. The zero-order valence-corrected chi connectivity index (χ0v) is 11.9. The molecule has 3 nitrogen and oxygen atoms in total. The molecule has 21 heavy (non-hydrogen) atoms. The van der Waals surface area contributed by atoms with Crippen LogP contribution in [-0.2, 0) is 5.75 Å². The summed E-state index contributed by atoms with van der Waals surface area (Å²) in [6.07, 6.45) is 1.72. The van der Waals surface area contributed by atoms with Gasteiger partial charge in [0.25, 0.3) is 0 Å². The van der Waals surface area contributed by atoms with Crippen molar-refractivity contribution in [2.75, 3.05) is 0 Å². The van der Waals surface area contributed by atoms with Crippen molar-refractivity contribution in [1.29, 1.82) is 0 Å². The molecule has 0 aliphatic heterocycles. The Bertz CT molecular complexity index is 700. The topological polar surface area (TPSA) is 38.7 Å². The van der Waals surface area contributed by atoms with E-state index >= 15 is 0 Å². The molecule has 3 aromatic rings. The molecule has 0 N–H and O–H groups in total. The van der Waals surface area contributed by atoms with E-state index < -0.39 is 0 Å². The van der Waals surface area contributed by atoms with Gasteiger partial charge >= 0.3 is 0 Å². The maximum atomic E-state index is 12.8. The molecular weight excluding hydrogens is 285 g/mol. The van der Waals surface area contributed by atoms with Gasteiger partial charge in [0.15, 0.2) is 0 Å². The highest BCUT2D eigenvalue weighted by atomic mass is 32.2. The Morgan fingerprint density at radius 2 is 1.67 bits per heavy atom. The van der Waals surface area contributed by atoms with Crippen molar-refractivity contribution in [1.82, 2.24) is 15.2 Å². The largest absolute Gasteiger partial charge is 0.227 e. The van der Waals surface area contributed by atoms with E-state index in [2.05, 4.69) is 15.2 Å². The average Bonchev–Trinajstić information content (AvgIpc) is 2.56. The van der Waals surface area contributed by atoms with Gasteiger partial charge in [-0.3, -0.25) is 0 Å². The van der Waals surface area contributed by atoms with Crippen LogP contribution in [0.5, 0.6) is 0 Å². The van der Waals surface area contributed by atoms with Crippen molar-refractivity contribution < 1.29 is 4.39 Å². The van der Waals surface area contributed by atoms with E-state index in [1.54, 1.807) is 18.3 Å². The summed E-state index contributed by atoms with van der Waals surface area (Å²) in [4.78, 5) is 4.30. The smallest absolute Gasteiger partial charge is 0.209 e. The molecule has 0 aliphatic rings. The lowest BCUT2D eigenvalue weighted by Gasteiger charge is -2.02. The molecule has 0 radical (unpaired) electrons. The molecule has 3 rings (SSSR count). The van der Waals surface area contributed by atoms with Gasteiger partial charge in [-0.05, 0) is 17.7 Å². The van der Waals surface area contributed by atoms with Crippen LogP contribution in [0.25, 0.3) is 11.3 Å². The van der Waals surface area contributed by atoms with E-state index in [4.69, 9.17) is 0 Å². The van der Waals surface area contributed by atoms with Gasteiger partial charge in [-0.1, -0.05) is 54.2 Å². The first-order valence-corrected chi connectivity index (χ1v) is 7.42. The number of halogens is 1. The molecule has 0 amide bonds. The Hall–Kier alpha value is -2.27. The summed E-state index contributed by atoms with van der Waals surface area (Å²) in [5.74, 6) is 0.459. The van der Waals surface area contributed by atoms with Gasteiger partial charge < -0.3 is 0 Å². The zero-order valence-electron chi connectivity index (χ0n) is 11.1. The highest BCUT2D eigenvalue weighted by Crippen LogP contribution is 2.20. The van der Waals surface area contributed by atoms with Crippen LogP contribution in [0.2, 0.25) is 0 Å². The monoisotopic (exact) mass is 297 g/mol. The SMILES string of the molecule is Fc1ccc(CSc2ncc(-c3ccccc3)nn2)cc1. The van der Waals surface area contributed by atoms with E-state index in [-0.39, 0.29) is 5.82 Å². The number of hydrogen-bond acceptors (Lipinski definition) is 4. The van der Waals surface area contributed by atoms with Crippen LogP contribution >= 0.6 is 11.8 Å². The number of benzene rings is 2. The molecule has 1 heterocycles. The third kappa shape index (κ3) is 3.64. The Labute approximate surface area is 126 Å². The van der Waals surface area contributed by atoms with Crippen molar-refractivity contribution in [3.05, 3.63) is 72.2 Å². The Kier molecular flexibility index (Phi) is 4.21. The van der Waals surface area contributed by atoms with E-state index in [1.807, 2.05) is 30.3 Å². The number of aromatic nitrogens is 3. The number of thioether (sulfide) groups is 1. The number of nitrogens with zero attached hydrogens (tertiary/aromatic N) is 3. The molecule has 5 heteroatoms. The van der Waals surface area contributed by atoms with Crippen molar-refractivity contribution in [3.8, 4) is 11.3 Å². The molecule has 0 fully saturated rings. The standard InChI is InChI=1S/C16H12FN3S/c17-14-8-6-12(7-9-14)11-21-16-18-10-15(19-20-16)13-4-2-1-3-5-13/h1-10H,11H2. The van der Waals surface area contributed by atoms with Gasteiger partial charge in [-0.25, -0.2) is 9.37 Å². The number of rotatable bonds is 4. The summed E-state index contributed by atoms with van der Waals surface area (Å²) in [5, 5.41) is 8.91. The molecule has 0 aliphatic carbocycles. The molecule has 0 spiro atoms. The van der Waals surface area contributed by atoms with Gasteiger partial charge in [-0.2, -0.15) is 0 Å². The molecular formula is C16H12FN3S. The fourth-order valence-corrected chi connectivity index (χ4v) is 2.51. The highest BCUT2D eigenvalue weighted by Gasteiger charge is 2.03. The van der Waals surface area contributed by atoms with E-state index in [9.17, 15) is 4.39 Å². The lowest BCUT2D eigenvalue weighted by molar-refractivity contribution is 0.627. The lowest BCUT2D eigenvalue weighted by atomic mass is 10.2. The van der Waals surface area contributed by atoms with Crippen LogP contribution < -0.4 is 0 Å². The van der Waals surface area contributed by atoms with Crippen LogP contribution in [-0.4, -0.2) is 15.2 Å². The summed E-state index contributed by atoms with van der Waals surface area (Å²) in [7, 11) is 0. The molecule has 0 atom stereocenters. The summed E-state index contributed by atoms with van der Waals surface area (Å²) < 4.78 is 12.8. The van der Waals surface area contributed by atoms with Crippen LogP contribution in [0.1, 0.15) is 5.56 Å². The van der Waals surface area contributed by atoms with Crippen LogP contribution in [0.3, 0.4) is 0 Å². The summed E-state index contributed by atoms with van der Waals surface area (Å²) in [5.41, 5.74) is 2.77. The van der Waals surface area contributed by atoms with Crippen molar-refractivity contribution in [2.24, 2.45) is 0 Å². The van der Waals surface area contributed by atoms with Gasteiger partial charge in [0.1, 0.15) is 11.5 Å². The summed E-state index contributed by atoms with van der Waals surface area (Å²) >= 11 is 1.48. The van der Waals surface area contributed by atoms with Crippen LogP contribution in [0.15, 0.2) is 66.0 Å². The van der Waals surface area contributed by atoms with E-state index in [0.29, 0.717) is 10.9 Å². The minimum atomic E-state index is -0.228. The van der Waals surface area contributed by atoms with Gasteiger partial charge in [-0.15, -0.1) is 10.2 Å². The second kappa shape index (κ2) is 6.45. The molecule has 0 bridgehead atoms. The maximum Gasteiger partial charge on any atom is 0.209 e. The fourth-order valence-electron chi connectivity index (χ4n) is 1.80. The minimum Gasteiger partial charge on any atom is -0.227 e. The van der Waals surface area contributed by atoms with E-state index in [1.165, 1.54) is 23.9 Å². The molecule has 2 aromatic carbocycles. The average molecular weight is 297 g/mol. The quantitative estimate of drug-likeness (QED) is 0.683. The van der Waals surface area contributed by atoms with Crippen molar-refractivity contribution >= 4 is 11.8 Å². The van der Waals surface area contributed by atoms with Crippen LogP contribution in [0, 0.1) is 5.82 Å². The molecule has 0 unspecified atom stereocenters. The predicted molar refractivity (Wildman–Crippen MR) is 81.2 cm³/mol. The second-order valence-electron chi connectivity index (χ2n) is 4.41. The molecule has 0 saturated heterocycles. The third-order valence-electron chi connectivity index (χ3n) is 2.89. The molecule has 104 valence electrons. The van der Waals surface area contributed by atoms with Gasteiger partial charge in [0.05, 0.1) is 6.20 Å². The zero-order chi connectivity index (χ0) is 14.5. The maximum absolute atomic E-state index is 12.8.